The Labute approximate surface area is 156 Å². The summed E-state index contributed by atoms with van der Waals surface area (Å²) in [6, 6.07) is 8.79. The molecular formula is C20H20N4O3. The molecule has 2 N–H and O–H groups in total. The van der Waals surface area contributed by atoms with Crippen LogP contribution in [0.3, 0.4) is 0 Å². The predicted octanol–water partition coefficient (Wildman–Crippen LogP) is 2.10. The highest BCUT2D eigenvalue weighted by Crippen LogP contribution is 2.27. The number of rotatable bonds is 4. The third-order valence-electron chi connectivity index (χ3n) is 4.75. The van der Waals surface area contributed by atoms with Crippen molar-refractivity contribution in [2.75, 3.05) is 13.7 Å². The van der Waals surface area contributed by atoms with Crippen molar-refractivity contribution in [3.63, 3.8) is 0 Å². The van der Waals surface area contributed by atoms with Crippen LogP contribution in [0.4, 0.5) is 0 Å². The van der Waals surface area contributed by atoms with E-state index in [1.165, 1.54) is 0 Å². The van der Waals surface area contributed by atoms with Crippen molar-refractivity contribution in [3.8, 4) is 22.9 Å². The van der Waals surface area contributed by atoms with Crippen LogP contribution in [0.1, 0.15) is 16.8 Å². The lowest BCUT2D eigenvalue weighted by Gasteiger charge is -2.28. The van der Waals surface area contributed by atoms with E-state index in [9.17, 15) is 9.90 Å². The molecule has 7 heteroatoms. The van der Waals surface area contributed by atoms with Crippen LogP contribution in [0.5, 0.6) is 11.5 Å². The van der Waals surface area contributed by atoms with Gasteiger partial charge in [0.15, 0.2) is 0 Å². The van der Waals surface area contributed by atoms with Crippen LogP contribution in [-0.2, 0) is 19.5 Å². The van der Waals surface area contributed by atoms with Gasteiger partial charge in [0, 0.05) is 55.6 Å². The second-order valence-corrected chi connectivity index (χ2v) is 6.54. The van der Waals surface area contributed by atoms with Crippen molar-refractivity contribution >= 4 is 0 Å². The van der Waals surface area contributed by atoms with Crippen LogP contribution >= 0.6 is 0 Å². The average molecular weight is 364 g/mol. The van der Waals surface area contributed by atoms with E-state index in [1.807, 2.05) is 18.2 Å². The minimum absolute atomic E-state index is 0.110. The van der Waals surface area contributed by atoms with Crippen molar-refractivity contribution < 1.29 is 9.84 Å². The van der Waals surface area contributed by atoms with Gasteiger partial charge in [-0.2, -0.15) is 0 Å². The number of hydrogen-bond donors (Lipinski definition) is 2. The number of phenolic OH excluding ortho intramolecular Hbond substituents is 1. The standard InChI is InChI=1S/C20H20N4O3/c1-27-18-9-15(25)5-4-14(18)11-24-8-6-17-16(12-24)20(26)23-19(22-17)13-3-2-7-21-10-13/h2-5,7,9-10,25H,6,8,11-12H2,1H3,(H,22,23,26). The topological polar surface area (TPSA) is 91.3 Å². The van der Waals surface area contributed by atoms with E-state index in [4.69, 9.17) is 4.74 Å². The first-order valence-corrected chi connectivity index (χ1v) is 8.75. The van der Waals surface area contributed by atoms with Crippen molar-refractivity contribution in [2.24, 2.45) is 0 Å². The number of hydrogen-bond acceptors (Lipinski definition) is 6. The van der Waals surface area contributed by atoms with Gasteiger partial charge in [-0.25, -0.2) is 4.98 Å². The maximum absolute atomic E-state index is 12.6. The van der Waals surface area contributed by atoms with Crippen LogP contribution in [0.15, 0.2) is 47.5 Å². The van der Waals surface area contributed by atoms with Crippen molar-refractivity contribution in [3.05, 3.63) is 69.9 Å². The third kappa shape index (κ3) is 3.54. The number of phenols is 1. The number of methoxy groups -OCH3 is 1. The Bertz CT molecular complexity index is 1020. The van der Waals surface area contributed by atoms with Crippen molar-refractivity contribution in [2.45, 2.75) is 19.5 Å². The number of aromatic amines is 1. The van der Waals surface area contributed by atoms with Gasteiger partial charge in [-0.1, -0.05) is 6.07 Å². The molecule has 0 radical (unpaired) electrons. The first-order chi connectivity index (χ1) is 13.1. The van der Waals surface area contributed by atoms with Gasteiger partial charge >= 0.3 is 0 Å². The molecule has 1 aromatic carbocycles. The summed E-state index contributed by atoms with van der Waals surface area (Å²) in [6.45, 7) is 1.95. The molecule has 0 amide bonds. The lowest BCUT2D eigenvalue weighted by Crippen LogP contribution is -2.35. The number of benzene rings is 1. The maximum atomic E-state index is 12.6. The fourth-order valence-electron chi connectivity index (χ4n) is 3.36. The Balaban J connectivity index is 1.58. The normalized spacial score (nSPS) is 14.0. The Kier molecular flexibility index (Phi) is 4.60. The number of aromatic nitrogens is 3. The number of fused-ring (bicyclic) bond motifs is 1. The third-order valence-corrected chi connectivity index (χ3v) is 4.75. The van der Waals surface area contributed by atoms with E-state index in [0.717, 1.165) is 23.4 Å². The van der Waals surface area contributed by atoms with Gasteiger partial charge in [0.2, 0.25) is 0 Å². The molecule has 3 aromatic rings. The molecule has 0 saturated carbocycles. The summed E-state index contributed by atoms with van der Waals surface area (Å²) in [4.78, 5) is 26.4. The molecular weight excluding hydrogens is 344 g/mol. The highest BCUT2D eigenvalue weighted by atomic mass is 16.5. The molecule has 1 aliphatic rings. The molecule has 0 fully saturated rings. The Morgan fingerprint density at radius 3 is 3.00 bits per heavy atom. The highest BCUT2D eigenvalue weighted by Gasteiger charge is 2.22. The molecule has 27 heavy (non-hydrogen) atoms. The molecule has 0 aliphatic carbocycles. The molecule has 0 atom stereocenters. The Morgan fingerprint density at radius 1 is 1.33 bits per heavy atom. The van der Waals surface area contributed by atoms with E-state index in [1.54, 1.807) is 31.6 Å². The molecule has 138 valence electrons. The zero-order valence-corrected chi connectivity index (χ0v) is 15.0. The molecule has 0 unspecified atom stereocenters. The molecule has 7 nitrogen and oxygen atoms in total. The summed E-state index contributed by atoms with van der Waals surface area (Å²) in [5.41, 5.74) is 3.20. The van der Waals surface area contributed by atoms with Crippen molar-refractivity contribution in [1.29, 1.82) is 0 Å². The number of ether oxygens (including phenoxy) is 1. The van der Waals surface area contributed by atoms with Gasteiger partial charge in [0.05, 0.1) is 18.4 Å². The number of pyridine rings is 1. The van der Waals surface area contributed by atoms with E-state index < -0.39 is 0 Å². The minimum Gasteiger partial charge on any atom is -0.508 e. The van der Waals surface area contributed by atoms with E-state index in [2.05, 4.69) is 19.9 Å². The monoisotopic (exact) mass is 364 g/mol. The largest absolute Gasteiger partial charge is 0.508 e. The maximum Gasteiger partial charge on any atom is 0.255 e. The fourth-order valence-corrected chi connectivity index (χ4v) is 3.36. The van der Waals surface area contributed by atoms with Gasteiger partial charge in [-0.05, 0) is 18.2 Å². The van der Waals surface area contributed by atoms with Gasteiger partial charge in [-0.3, -0.25) is 14.7 Å². The van der Waals surface area contributed by atoms with Gasteiger partial charge in [-0.15, -0.1) is 0 Å². The molecule has 3 heterocycles. The molecule has 0 bridgehead atoms. The summed E-state index contributed by atoms with van der Waals surface area (Å²) in [6.07, 6.45) is 4.08. The lowest BCUT2D eigenvalue weighted by atomic mass is 10.1. The average Bonchev–Trinajstić information content (AvgIpc) is 2.70. The predicted molar refractivity (Wildman–Crippen MR) is 101 cm³/mol. The number of nitrogens with zero attached hydrogens (tertiary/aromatic N) is 3. The molecule has 0 spiro atoms. The van der Waals surface area contributed by atoms with Crippen LogP contribution in [0, 0.1) is 0 Å². The van der Waals surface area contributed by atoms with Crippen LogP contribution in [-0.4, -0.2) is 38.6 Å². The summed E-state index contributed by atoms with van der Waals surface area (Å²) >= 11 is 0. The van der Waals surface area contributed by atoms with Crippen LogP contribution in [0.2, 0.25) is 0 Å². The number of aromatic hydroxyl groups is 1. The Hall–Kier alpha value is -3.19. The SMILES string of the molecule is COc1cc(O)ccc1CN1CCc2nc(-c3cccnc3)[nH]c(=O)c2C1. The number of nitrogens with one attached hydrogen (secondary N) is 1. The van der Waals surface area contributed by atoms with Gasteiger partial charge in [0.1, 0.15) is 17.3 Å². The summed E-state index contributed by atoms with van der Waals surface area (Å²) in [5.74, 6) is 1.36. The zero-order chi connectivity index (χ0) is 18.8. The molecule has 4 rings (SSSR count). The van der Waals surface area contributed by atoms with Gasteiger partial charge in [0.25, 0.3) is 5.56 Å². The summed E-state index contributed by atoms with van der Waals surface area (Å²) in [7, 11) is 1.58. The molecule has 1 aliphatic heterocycles. The first-order valence-electron chi connectivity index (χ1n) is 8.75. The Morgan fingerprint density at radius 2 is 2.22 bits per heavy atom. The molecule has 0 saturated heterocycles. The summed E-state index contributed by atoms with van der Waals surface area (Å²) in [5, 5.41) is 9.61. The molecule has 2 aromatic heterocycles. The lowest BCUT2D eigenvalue weighted by molar-refractivity contribution is 0.238. The minimum atomic E-state index is -0.110. The van der Waals surface area contributed by atoms with Gasteiger partial charge < -0.3 is 14.8 Å². The fraction of sp³-hybridized carbons (Fsp3) is 0.250. The second-order valence-electron chi connectivity index (χ2n) is 6.54. The van der Waals surface area contributed by atoms with Crippen LogP contribution < -0.4 is 10.3 Å². The van der Waals surface area contributed by atoms with E-state index in [-0.39, 0.29) is 11.3 Å². The van der Waals surface area contributed by atoms with Crippen molar-refractivity contribution in [1.82, 2.24) is 19.9 Å². The highest BCUT2D eigenvalue weighted by molar-refractivity contribution is 5.53. The second kappa shape index (κ2) is 7.20. The van der Waals surface area contributed by atoms with Crippen LogP contribution in [0.25, 0.3) is 11.4 Å². The van der Waals surface area contributed by atoms with E-state index >= 15 is 0 Å². The number of H-pyrrole nitrogens is 1. The quantitative estimate of drug-likeness (QED) is 0.737. The zero-order valence-electron chi connectivity index (χ0n) is 15.0. The summed E-state index contributed by atoms with van der Waals surface area (Å²) < 4.78 is 5.35. The smallest absolute Gasteiger partial charge is 0.255 e. The van der Waals surface area contributed by atoms with E-state index in [0.29, 0.717) is 36.6 Å². The first kappa shape index (κ1) is 17.2.